The molecule has 0 bridgehead atoms. The summed E-state index contributed by atoms with van der Waals surface area (Å²) in [5, 5.41) is 11.8. The van der Waals surface area contributed by atoms with Crippen LogP contribution < -0.4 is 14.8 Å². The third kappa shape index (κ3) is 5.11. The molecule has 0 saturated carbocycles. The van der Waals surface area contributed by atoms with Gasteiger partial charge >= 0.3 is 5.97 Å². The zero-order valence-corrected chi connectivity index (χ0v) is 15.0. The van der Waals surface area contributed by atoms with Gasteiger partial charge in [0, 0.05) is 37.7 Å². The Bertz CT molecular complexity index is 653. The third-order valence-electron chi connectivity index (χ3n) is 4.36. The van der Waals surface area contributed by atoms with Crippen LogP contribution in [0.1, 0.15) is 29.6 Å². The summed E-state index contributed by atoms with van der Waals surface area (Å²) in [7, 11) is 3.00. The van der Waals surface area contributed by atoms with Gasteiger partial charge in [0.15, 0.2) is 0 Å². The lowest BCUT2D eigenvalue weighted by Crippen LogP contribution is -2.43. The number of nitrogens with zero attached hydrogens (tertiary/aromatic N) is 1. The number of hydrogen-bond donors (Lipinski definition) is 2. The van der Waals surface area contributed by atoms with Crippen LogP contribution in [0.5, 0.6) is 11.5 Å². The quantitative estimate of drug-likeness (QED) is 0.752. The van der Waals surface area contributed by atoms with Crippen LogP contribution in [0.3, 0.4) is 0 Å². The lowest BCUT2D eigenvalue weighted by molar-refractivity contribution is -0.145. The van der Waals surface area contributed by atoms with Crippen molar-refractivity contribution < 1.29 is 29.0 Å². The molecule has 1 heterocycles. The summed E-state index contributed by atoms with van der Waals surface area (Å²) in [6.07, 6.45) is 1.39. The molecule has 1 unspecified atom stereocenters. The maximum atomic E-state index is 12.3. The van der Waals surface area contributed by atoms with Gasteiger partial charge in [-0.25, -0.2) is 0 Å². The van der Waals surface area contributed by atoms with E-state index in [0.29, 0.717) is 36.4 Å². The molecule has 0 radical (unpaired) electrons. The SMILES string of the molecule is COc1cc(OC)cc(C(=O)NCCC(=O)N2CCCC(C(=O)O)C2)c1. The van der Waals surface area contributed by atoms with Gasteiger partial charge in [-0.2, -0.15) is 0 Å². The Hall–Kier alpha value is -2.77. The van der Waals surface area contributed by atoms with Crippen molar-refractivity contribution in [2.24, 2.45) is 5.92 Å². The van der Waals surface area contributed by atoms with Gasteiger partial charge in [0.25, 0.3) is 5.91 Å². The molecule has 26 heavy (non-hydrogen) atoms. The molecule has 2 amide bonds. The number of rotatable bonds is 7. The lowest BCUT2D eigenvalue weighted by atomic mass is 9.98. The van der Waals surface area contributed by atoms with E-state index in [9.17, 15) is 14.4 Å². The highest BCUT2D eigenvalue weighted by molar-refractivity contribution is 5.95. The number of ether oxygens (including phenoxy) is 2. The fraction of sp³-hybridized carbons (Fsp3) is 0.500. The van der Waals surface area contributed by atoms with Crippen molar-refractivity contribution >= 4 is 17.8 Å². The molecule has 8 heteroatoms. The minimum absolute atomic E-state index is 0.124. The number of aliphatic carboxylic acids is 1. The van der Waals surface area contributed by atoms with Gasteiger partial charge in [-0.05, 0) is 25.0 Å². The summed E-state index contributed by atoms with van der Waals surface area (Å²) in [6, 6.07) is 4.83. The molecule has 2 rings (SSSR count). The Kier molecular flexibility index (Phi) is 6.82. The topological polar surface area (TPSA) is 105 Å². The zero-order chi connectivity index (χ0) is 19.1. The predicted molar refractivity (Wildman–Crippen MR) is 93.4 cm³/mol. The monoisotopic (exact) mass is 364 g/mol. The Morgan fingerprint density at radius 2 is 1.85 bits per heavy atom. The number of piperidine rings is 1. The van der Waals surface area contributed by atoms with Crippen LogP contribution >= 0.6 is 0 Å². The number of carboxylic acids is 1. The molecule has 0 spiro atoms. The van der Waals surface area contributed by atoms with Crippen LogP contribution in [0.15, 0.2) is 18.2 Å². The second-order valence-electron chi connectivity index (χ2n) is 6.12. The zero-order valence-electron chi connectivity index (χ0n) is 15.0. The van der Waals surface area contributed by atoms with Crippen molar-refractivity contribution in [1.82, 2.24) is 10.2 Å². The van der Waals surface area contributed by atoms with E-state index in [1.54, 1.807) is 23.1 Å². The normalized spacial score (nSPS) is 16.7. The van der Waals surface area contributed by atoms with Gasteiger partial charge in [-0.3, -0.25) is 14.4 Å². The minimum Gasteiger partial charge on any atom is -0.497 e. The van der Waals surface area contributed by atoms with Gasteiger partial charge < -0.3 is 24.8 Å². The smallest absolute Gasteiger partial charge is 0.308 e. The highest BCUT2D eigenvalue weighted by atomic mass is 16.5. The fourth-order valence-corrected chi connectivity index (χ4v) is 2.89. The summed E-state index contributed by atoms with van der Waals surface area (Å²) < 4.78 is 10.3. The Balaban J connectivity index is 1.86. The number of likely N-dealkylation sites (tertiary alicyclic amines) is 1. The van der Waals surface area contributed by atoms with Gasteiger partial charge in [-0.1, -0.05) is 0 Å². The Morgan fingerprint density at radius 3 is 2.42 bits per heavy atom. The first-order valence-electron chi connectivity index (χ1n) is 8.46. The van der Waals surface area contributed by atoms with Crippen molar-refractivity contribution in [1.29, 1.82) is 0 Å². The number of carbonyl (C=O) groups is 3. The third-order valence-corrected chi connectivity index (χ3v) is 4.36. The van der Waals surface area contributed by atoms with E-state index in [1.807, 2.05) is 0 Å². The van der Waals surface area contributed by atoms with Crippen LogP contribution in [-0.2, 0) is 9.59 Å². The average molecular weight is 364 g/mol. The summed E-state index contributed by atoms with van der Waals surface area (Å²) in [4.78, 5) is 37.1. The molecule has 1 aromatic rings. The summed E-state index contributed by atoms with van der Waals surface area (Å²) in [6.45, 7) is 0.963. The van der Waals surface area contributed by atoms with Crippen molar-refractivity contribution in [3.8, 4) is 11.5 Å². The summed E-state index contributed by atoms with van der Waals surface area (Å²) >= 11 is 0. The highest BCUT2D eigenvalue weighted by Crippen LogP contribution is 2.22. The lowest BCUT2D eigenvalue weighted by Gasteiger charge is -2.30. The molecule has 0 aliphatic carbocycles. The van der Waals surface area contributed by atoms with Crippen LogP contribution in [-0.4, -0.2) is 61.6 Å². The first-order valence-corrected chi connectivity index (χ1v) is 8.46. The number of amides is 2. The molecule has 1 aliphatic rings. The van der Waals surface area contributed by atoms with Gasteiger partial charge in [0.2, 0.25) is 5.91 Å². The fourth-order valence-electron chi connectivity index (χ4n) is 2.89. The van der Waals surface area contributed by atoms with E-state index in [0.717, 1.165) is 0 Å². The average Bonchev–Trinajstić information content (AvgIpc) is 2.67. The van der Waals surface area contributed by atoms with Crippen molar-refractivity contribution in [3.05, 3.63) is 23.8 Å². The minimum atomic E-state index is -0.872. The maximum Gasteiger partial charge on any atom is 0.308 e. The molecular weight excluding hydrogens is 340 g/mol. The number of nitrogens with one attached hydrogen (secondary N) is 1. The summed E-state index contributed by atoms with van der Waals surface area (Å²) in [5.41, 5.74) is 0.373. The molecule has 1 saturated heterocycles. The predicted octanol–water partition coefficient (Wildman–Crippen LogP) is 1.15. The molecule has 0 aromatic heterocycles. The largest absolute Gasteiger partial charge is 0.497 e. The van der Waals surface area contributed by atoms with Crippen molar-refractivity contribution in [2.45, 2.75) is 19.3 Å². The first-order chi connectivity index (χ1) is 12.4. The second kappa shape index (κ2) is 9.07. The molecular formula is C18H24N2O6. The van der Waals surface area contributed by atoms with Crippen LogP contribution in [0.2, 0.25) is 0 Å². The molecule has 1 fully saturated rings. The van der Waals surface area contributed by atoms with Gasteiger partial charge in [0.05, 0.1) is 20.1 Å². The van der Waals surface area contributed by atoms with Gasteiger partial charge in [-0.15, -0.1) is 0 Å². The number of benzene rings is 1. The van der Waals surface area contributed by atoms with Crippen molar-refractivity contribution in [3.63, 3.8) is 0 Å². The van der Waals surface area contributed by atoms with E-state index < -0.39 is 11.9 Å². The molecule has 142 valence electrons. The number of carbonyl (C=O) groups excluding carboxylic acids is 2. The van der Waals surface area contributed by atoms with Crippen LogP contribution in [0, 0.1) is 5.92 Å². The molecule has 8 nitrogen and oxygen atoms in total. The van der Waals surface area contributed by atoms with Crippen LogP contribution in [0.4, 0.5) is 0 Å². The number of hydrogen-bond acceptors (Lipinski definition) is 5. The molecule has 1 aromatic carbocycles. The Morgan fingerprint density at radius 1 is 1.19 bits per heavy atom. The van der Waals surface area contributed by atoms with E-state index >= 15 is 0 Å². The van der Waals surface area contributed by atoms with E-state index in [2.05, 4.69) is 5.32 Å². The van der Waals surface area contributed by atoms with Crippen molar-refractivity contribution in [2.75, 3.05) is 33.9 Å². The molecule has 1 atom stereocenters. The summed E-state index contributed by atoms with van der Waals surface area (Å²) in [5.74, 6) is -0.872. The van der Waals surface area contributed by atoms with E-state index in [4.69, 9.17) is 14.6 Å². The molecule has 2 N–H and O–H groups in total. The van der Waals surface area contributed by atoms with Crippen LogP contribution in [0.25, 0.3) is 0 Å². The maximum absolute atomic E-state index is 12.3. The number of methoxy groups -OCH3 is 2. The Labute approximate surface area is 152 Å². The standard InChI is InChI=1S/C18H24N2O6/c1-25-14-8-13(9-15(10-14)26-2)17(22)19-6-5-16(21)20-7-3-4-12(11-20)18(23)24/h8-10,12H,3-7,11H2,1-2H3,(H,19,22)(H,23,24). The van der Waals surface area contributed by atoms with Gasteiger partial charge in [0.1, 0.15) is 11.5 Å². The van der Waals surface area contributed by atoms with E-state index in [1.165, 1.54) is 14.2 Å². The first kappa shape index (κ1) is 19.6. The number of carboxylic acid groups (broad SMARTS) is 1. The van der Waals surface area contributed by atoms with E-state index in [-0.39, 0.29) is 31.3 Å². The second-order valence-corrected chi connectivity index (χ2v) is 6.12. The molecule has 1 aliphatic heterocycles. The highest BCUT2D eigenvalue weighted by Gasteiger charge is 2.27.